The Hall–Kier alpha value is -1.52. The molecule has 0 amide bonds. The maximum absolute atomic E-state index is 10.3. The molecule has 1 aromatic heterocycles. The maximum atomic E-state index is 10.3. The second-order valence-corrected chi connectivity index (χ2v) is 5.14. The van der Waals surface area contributed by atoms with Crippen LogP contribution >= 0.6 is 0 Å². The lowest BCUT2D eigenvalue weighted by molar-refractivity contribution is 0.0362. The largest absolute Gasteiger partial charge is 0.494 e. The Morgan fingerprint density at radius 2 is 1.95 bits per heavy atom. The van der Waals surface area contributed by atoms with Crippen molar-refractivity contribution in [2.75, 3.05) is 32.8 Å². The Morgan fingerprint density at radius 1 is 1.16 bits per heavy atom. The highest BCUT2D eigenvalue weighted by atomic mass is 16.5. The summed E-state index contributed by atoms with van der Waals surface area (Å²) in [7, 11) is 0. The minimum absolute atomic E-state index is 0.381. The van der Waals surface area contributed by atoms with E-state index in [1.165, 1.54) is 5.56 Å². The lowest BCUT2D eigenvalue weighted by Gasteiger charge is -2.26. The number of aromatic hydroxyl groups is 1. The van der Waals surface area contributed by atoms with Crippen molar-refractivity contribution in [3.05, 3.63) is 30.0 Å². The van der Waals surface area contributed by atoms with Gasteiger partial charge in [-0.3, -0.25) is 4.90 Å². The van der Waals surface area contributed by atoms with Gasteiger partial charge >= 0.3 is 0 Å². The zero-order valence-corrected chi connectivity index (χ0v) is 11.3. The van der Waals surface area contributed by atoms with E-state index in [1.54, 1.807) is 0 Å². The number of aromatic nitrogens is 1. The molecule has 1 saturated heterocycles. The van der Waals surface area contributed by atoms with E-state index in [2.05, 4.69) is 24.1 Å². The van der Waals surface area contributed by atoms with E-state index in [0.717, 1.165) is 50.2 Å². The van der Waals surface area contributed by atoms with E-state index in [9.17, 15) is 5.11 Å². The van der Waals surface area contributed by atoms with Crippen LogP contribution in [-0.4, -0.2) is 47.4 Å². The highest BCUT2D eigenvalue weighted by Gasteiger charge is 2.13. The topological polar surface area (TPSA) is 37.6 Å². The summed E-state index contributed by atoms with van der Waals surface area (Å²) in [5.74, 6) is 0.381. The van der Waals surface area contributed by atoms with Crippen LogP contribution in [0.2, 0.25) is 0 Å². The summed E-state index contributed by atoms with van der Waals surface area (Å²) < 4.78 is 7.29. The molecule has 0 saturated carbocycles. The van der Waals surface area contributed by atoms with Gasteiger partial charge in [-0.25, -0.2) is 0 Å². The molecule has 4 heteroatoms. The maximum Gasteiger partial charge on any atom is 0.199 e. The molecule has 0 atom stereocenters. The van der Waals surface area contributed by atoms with Gasteiger partial charge in [0.25, 0.3) is 0 Å². The van der Waals surface area contributed by atoms with Gasteiger partial charge in [0.15, 0.2) is 5.88 Å². The molecule has 2 heterocycles. The molecule has 1 fully saturated rings. The molecule has 0 aliphatic carbocycles. The molecule has 0 radical (unpaired) electrons. The van der Waals surface area contributed by atoms with Gasteiger partial charge in [-0.15, -0.1) is 0 Å². The smallest absolute Gasteiger partial charge is 0.199 e. The fourth-order valence-corrected chi connectivity index (χ4v) is 2.66. The lowest BCUT2D eigenvalue weighted by atomic mass is 10.1. The third-order valence-electron chi connectivity index (χ3n) is 3.88. The number of ether oxygens (including phenoxy) is 1. The van der Waals surface area contributed by atoms with Crippen molar-refractivity contribution in [3.8, 4) is 5.88 Å². The second-order valence-electron chi connectivity index (χ2n) is 5.14. The van der Waals surface area contributed by atoms with Crippen molar-refractivity contribution in [1.29, 1.82) is 0 Å². The number of benzene rings is 1. The van der Waals surface area contributed by atoms with Gasteiger partial charge in [-0.1, -0.05) is 12.1 Å². The van der Waals surface area contributed by atoms with Crippen LogP contribution in [0.25, 0.3) is 10.8 Å². The van der Waals surface area contributed by atoms with Gasteiger partial charge in [0.05, 0.1) is 13.2 Å². The van der Waals surface area contributed by atoms with E-state index >= 15 is 0 Å². The predicted molar refractivity (Wildman–Crippen MR) is 75.6 cm³/mol. The first-order valence-corrected chi connectivity index (χ1v) is 6.83. The Bertz CT molecular complexity index is 571. The summed E-state index contributed by atoms with van der Waals surface area (Å²) in [6.07, 6.45) is 2.06. The third kappa shape index (κ3) is 2.46. The molecule has 1 N–H and O–H groups in total. The van der Waals surface area contributed by atoms with E-state index < -0.39 is 0 Å². The van der Waals surface area contributed by atoms with E-state index in [4.69, 9.17) is 4.74 Å². The van der Waals surface area contributed by atoms with Crippen molar-refractivity contribution in [2.45, 2.75) is 13.5 Å². The van der Waals surface area contributed by atoms with Crippen LogP contribution in [0, 0.1) is 6.92 Å². The molecule has 1 aliphatic rings. The molecule has 4 nitrogen and oxygen atoms in total. The Kier molecular flexibility index (Phi) is 3.44. The number of hydrogen-bond acceptors (Lipinski definition) is 3. The van der Waals surface area contributed by atoms with Crippen molar-refractivity contribution in [3.63, 3.8) is 0 Å². The van der Waals surface area contributed by atoms with Crippen LogP contribution in [0.15, 0.2) is 24.4 Å². The SMILES string of the molecule is Cc1cccc2c(O)n(CCN3CCOCC3)cc12. The van der Waals surface area contributed by atoms with Gasteiger partial charge in [-0.2, -0.15) is 0 Å². The molecule has 1 aromatic carbocycles. The number of nitrogens with zero attached hydrogens (tertiary/aromatic N) is 2. The Morgan fingerprint density at radius 3 is 2.68 bits per heavy atom. The molecule has 19 heavy (non-hydrogen) atoms. The van der Waals surface area contributed by atoms with Crippen molar-refractivity contribution in [2.24, 2.45) is 0 Å². The average Bonchev–Trinajstić information content (AvgIpc) is 2.77. The first kappa shape index (κ1) is 12.5. The van der Waals surface area contributed by atoms with Gasteiger partial charge < -0.3 is 14.4 Å². The summed E-state index contributed by atoms with van der Waals surface area (Å²) in [4.78, 5) is 2.38. The highest BCUT2D eigenvalue weighted by molar-refractivity contribution is 5.90. The minimum Gasteiger partial charge on any atom is -0.494 e. The van der Waals surface area contributed by atoms with Crippen molar-refractivity contribution >= 4 is 10.8 Å². The summed E-state index contributed by atoms with van der Waals surface area (Å²) in [5, 5.41) is 12.4. The summed E-state index contributed by atoms with van der Waals surface area (Å²) in [5.41, 5.74) is 1.21. The molecule has 0 spiro atoms. The van der Waals surface area contributed by atoms with Gasteiger partial charge in [0, 0.05) is 43.1 Å². The molecule has 1 aliphatic heterocycles. The Labute approximate surface area is 113 Å². The molecular formula is C15H20N2O2. The van der Waals surface area contributed by atoms with Crippen molar-refractivity contribution in [1.82, 2.24) is 9.47 Å². The quantitative estimate of drug-likeness (QED) is 0.917. The average molecular weight is 260 g/mol. The lowest BCUT2D eigenvalue weighted by Crippen LogP contribution is -2.38. The number of hydrogen-bond donors (Lipinski definition) is 1. The van der Waals surface area contributed by atoms with Gasteiger partial charge in [0.1, 0.15) is 0 Å². The van der Waals surface area contributed by atoms with Crippen molar-refractivity contribution < 1.29 is 9.84 Å². The first-order chi connectivity index (χ1) is 9.25. The van der Waals surface area contributed by atoms with Crippen LogP contribution in [0.1, 0.15) is 5.56 Å². The van der Waals surface area contributed by atoms with Crippen LogP contribution < -0.4 is 0 Å². The highest BCUT2D eigenvalue weighted by Crippen LogP contribution is 2.29. The van der Waals surface area contributed by atoms with Gasteiger partial charge in [-0.05, 0) is 18.6 Å². The summed E-state index contributed by atoms with van der Waals surface area (Å²) in [6, 6.07) is 6.04. The fraction of sp³-hybridized carbons (Fsp3) is 0.467. The second kappa shape index (κ2) is 5.23. The van der Waals surface area contributed by atoms with E-state index in [-0.39, 0.29) is 0 Å². The van der Waals surface area contributed by atoms with Crippen LogP contribution in [-0.2, 0) is 11.3 Å². The zero-order chi connectivity index (χ0) is 13.2. The van der Waals surface area contributed by atoms with Crippen LogP contribution in [0.4, 0.5) is 0 Å². The number of fused-ring (bicyclic) bond motifs is 1. The molecule has 0 unspecified atom stereocenters. The predicted octanol–water partition coefficient (Wildman–Crippen LogP) is 1.99. The minimum atomic E-state index is 0.381. The molecular weight excluding hydrogens is 240 g/mol. The third-order valence-corrected chi connectivity index (χ3v) is 3.88. The molecule has 3 rings (SSSR count). The Balaban J connectivity index is 1.77. The van der Waals surface area contributed by atoms with Crippen LogP contribution in [0.3, 0.4) is 0 Å². The molecule has 0 bridgehead atoms. The normalized spacial score (nSPS) is 17.1. The molecule has 102 valence electrons. The first-order valence-electron chi connectivity index (χ1n) is 6.83. The fourth-order valence-electron chi connectivity index (χ4n) is 2.66. The summed E-state index contributed by atoms with van der Waals surface area (Å²) in [6.45, 7) is 7.46. The summed E-state index contributed by atoms with van der Waals surface area (Å²) >= 11 is 0. The van der Waals surface area contributed by atoms with Crippen LogP contribution in [0.5, 0.6) is 5.88 Å². The van der Waals surface area contributed by atoms with E-state index in [0.29, 0.717) is 5.88 Å². The standard InChI is InChI=1S/C15H20N2O2/c1-12-3-2-4-13-14(12)11-17(15(13)18)6-5-16-7-9-19-10-8-16/h2-4,11,18H,5-10H2,1H3. The zero-order valence-electron chi connectivity index (χ0n) is 11.3. The number of aryl methyl sites for hydroxylation is 1. The molecule has 2 aromatic rings. The van der Waals surface area contributed by atoms with E-state index in [1.807, 2.05) is 16.7 Å². The monoisotopic (exact) mass is 260 g/mol. The number of rotatable bonds is 3. The van der Waals surface area contributed by atoms with Gasteiger partial charge in [0.2, 0.25) is 0 Å². The number of morpholine rings is 1.